The number of carbonyl (C=O) groups is 2. The maximum Gasteiger partial charge on any atom is 0.226 e. The van der Waals surface area contributed by atoms with E-state index < -0.39 is 0 Å². The Hall–Kier alpha value is -2.84. The third kappa shape index (κ3) is 5.07. The molecule has 0 saturated heterocycles. The van der Waals surface area contributed by atoms with Gasteiger partial charge in [0.05, 0.1) is 11.6 Å². The van der Waals surface area contributed by atoms with Crippen molar-refractivity contribution in [1.29, 1.82) is 5.26 Å². The van der Waals surface area contributed by atoms with Crippen LogP contribution in [-0.4, -0.2) is 18.4 Å². The fourth-order valence-corrected chi connectivity index (χ4v) is 2.55. The third-order valence-corrected chi connectivity index (χ3v) is 3.94. The van der Waals surface area contributed by atoms with Crippen molar-refractivity contribution in [2.75, 3.05) is 16.8 Å². The van der Waals surface area contributed by atoms with Gasteiger partial charge in [0.15, 0.2) is 0 Å². The minimum atomic E-state index is -0.212. The van der Waals surface area contributed by atoms with Crippen LogP contribution >= 0.6 is 11.6 Å². The molecule has 0 heterocycles. The van der Waals surface area contributed by atoms with Gasteiger partial charge < -0.3 is 10.2 Å². The number of nitrogens with one attached hydrogen (secondary N) is 1. The van der Waals surface area contributed by atoms with Gasteiger partial charge >= 0.3 is 0 Å². The molecule has 5 nitrogen and oxygen atoms in total. The normalized spacial score (nSPS) is 10.0. The second-order valence-electron chi connectivity index (χ2n) is 5.59. The molecular weight excluding hydrogens is 338 g/mol. The van der Waals surface area contributed by atoms with Gasteiger partial charge in [0.1, 0.15) is 0 Å². The first-order chi connectivity index (χ1) is 11.9. The van der Waals surface area contributed by atoms with E-state index in [1.165, 1.54) is 6.92 Å². The Morgan fingerprint density at radius 2 is 1.88 bits per heavy atom. The predicted octanol–water partition coefficient (Wildman–Crippen LogP) is 3.90. The Morgan fingerprint density at radius 1 is 1.20 bits per heavy atom. The largest absolute Gasteiger partial charge is 0.326 e. The molecule has 2 aromatic rings. The zero-order valence-corrected chi connectivity index (χ0v) is 14.8. The highest BCUT2D eigenvalue weighted by molar-refractivity contribution is 6.31. The predicted molar refractivity (Wildman–Crippen MR) is 98.6 cm³/mol. The third-order valence-electron chi connectivity index (χ3n) is 3.70. The lowest BCUT2D eigenvalue weighted by Crippen LogP contribution is -2.32. The maximum absolute atomic E-state index is 12.1. The van der Waals surface area contributed by atoms with E-state index in [-0.39, 0.29) is 24.8 Å². The number of benzene rings is 2. The van der Waals surface area contributed by atoms with Crippen LogP contribution in [0.15, 0.2) is 42.5 Å². The molecule has 6 heteroatoms. The van der Waals surface area contributed by atoms with Crippen molar-refractivity contribution in [1.82, 2.24) is 0 Å². The van der Waals surface area contributed by atoms with Crippen molar-refractivity contribution >= 4 is 34.8 Å². The monoisotopic (exact) mass is 355 g/mol. The molecule has 2 amide bonds. The number of nitriles is 1. The fraction of sp³-hybridized carbons (Fsp3) is 0.211. The van der Waals surface area contributed by atoms with Crippen LogP contribution in [0, 0.1) is 18.3 Å². The molecule has 1 N–H and O–H groups in total. The molecule has 0 aliphatic rings. The summed E-state index contributed by atoms with van der Waals surface area (Å²) in [5.74, 6) is -0.368. The summed E-state index contributed by atoms with van der Waals surface area (Å²) in [5, 5.41) is 12.1. The van der Waals surface area contributed by atoms with E-state index >= 15 is 0 Å². The lowest BCUT2D eigenvalue weighted by Gasteiger charge is -2.23. The lowest BCUT2D eigenvalue weighted by molar-refractivity contribution is -0.117. The van der Waals surface area contributed by atoms with Gasteiger partial charge in [-0.05, 0) is 48.9 Å². The Labute approximate surface area is 151 Å². The van der Waals surface area contributed by atoms with Crippen molar-refractivity contribution in [2.24, 2.45) is 0 Å². The smallest absolute Gasteiger partial charge is 0.226 e. The Bertz CT molecular complexity index is 826. The zero-order chi connectivity index (χ0) is 18.4. The van der Waals surface area contributed by atoms with Crippen LogP contribution in [0.4, 0.5) is 11.4 Å². The molecule has 0 saturated carbocycles. The van der Waals surface area contributed by atoms with Crippen molar-refractivity contribution in [3.8, 4) is 6.07 Å². The van der Waals surface area contributed by atoms with E-state index in [0.717, 1.165) is 5.56 Å². The molecule has 25 heavy (non-hydrogen) atoms. The van der Waals surface area contributed by atoms with Gasteiger partial charge in [-0.3, -0.25) is 9.59 Å². The first-order valence-corrected chi connectivity index (χ1v) is 8.13. The molecule has 2 aromatic carbocycles. The Balaban J connectivity index is 2.03. The van der Waals surface area contributed by atoms with Gasteiger partial charge in [-0.25, -0.2) is 0 Å². The highest BCUT2D eigenvalue weighted by Crippen LogP contribution is 2.24. The van der Waals surface area contributed by atoms with Gasteiger partial charge in [0.2, 0.25) is 11.8 Å². The molecule has 2 rings (SSSR count). The van der Waals surface area contributed by atoms with Gasteiger partial charge in [-0.1, -0.05) is 17.7 Å². The van der Waals surface area contributed by atoms with Crippen LogP contribution in [0.5, 0.6) is 0 Å². The van der Waals surface area contributed by atoms with Crippen LogP contribution in [0.3, 0.4) is 0 Å². The SMILES string of the molecule is CC(=O)N(CCC(=O)Nc1ccc(C#N)cc1)c1cc(Cl)ccc1C. The van der Waals surface area contributed by atoms with Gasteiger partial charge in [0.25, 0.3) is 0 Å². The summed E-state index contributed by atoms with van der Waals surface area (Å²) in [6, 6.07) is 13.9. The lowest BCUT2D eigenvalue weighted by atomic mass is 10.1. The number of carbonyl (C=O) groups excluding carboxylic acids is 2. The summed E-state index contributed by atoms with van der Waals surface area (Å²) in [5.41, 5.74) is 2.74. The minimum absolute atomic E-state index is 0.144. The second kappa shape index (κ2) is 8.32. The highest BCUT2D eigenvalue weighted by Gasteiger charge is 2.16. The zero-order valence-electron chi connectivity index (χ0n) is 14.0. The topological polar surface area (TPSA) is 73.2 Å². The van der Waals surface area contributed by atoms with Crippen molar-refractivity contribution in [3.05, 3.63) is 58.6 Å². The standard InChI is InChI=1S/C19H18ClN3O2/c1-13-3-6-16(20)11-18(13)23(14(2)24)10-9-19(25)22-17-7-4-15(12-21)5-8-17/h3-8,11H,9-10H2,1-2H3,(H,22,25). The Kier molecular flexibility index (Phi) is 6.15. The molecule has 128 valence electrons. The summed E-state index contributed by atoms with van der Waals surface area (Å²) < 4.78 is 0. The van der Waals surface area contributed by atoms with Crippen LogP contribution < -0.4 is 10.2 Å². The maximum atomic E-state index is 12.1. The number of rotatable bonds is 5. The molecule has 0 bridgehead atoms. The summed E-state index contributed by atoms with van der Waals surface area (Å²) in [6.07, 6.45) is 0.144. The first-order valence-electron chi connectivity index (χ1n) is 7.75. The molecule has 0 unspecified atom stereocenters. The molecule has 0 spiro atoms. The molecule has 0 aliphatic carbocycles. The van der Waals surface area contributed by atoms with E-state index in [1.54, 1.807) is 41.3 Å². The van der Waals surface area contributed by atoms with Crippen LogP contribution in [-0.2, 0) is 9.59 Å². The van der Waals surface area contributed by atoms with Crippen molar-refractivity contribution in [3.63, 3.8) is 0 Å². The number of nitrogens with zero attached hydrogens (tertiary/aromatic N) is 2. The average Bonchev–Trinajstić information content (AvgIpc) is 2.58. The molecule has 0 atom stereocenters. The van der Waals surface area contributed by atoms with E-state index in [0.29, 0.717) is 22.0 Å². The van der Waals surface area contributed by atoms with Gasteiger partial charge in [-0.2, -0.15) is 5.26 Å². The first kappa shape index (κ1) is 18.5. The molecule has 0 fully saturated rings. The summed E-state index contributed by atoms with van der Waals surface area (Å²) >= 11 is 6.02. The molecule has 0 aromatic heterocycles. The Morgan fingerprint density at radius 3 is 2.48 bits per heavy atom. The van der Waals surface area contributed by atoms with Crippen molar-refractivity contribution in [2.45, 2.75) is 20.3 Å². The molecular formula is C19H18ClN3O2. The number of amides is 2. The second-order valence-corrected chi connectivity index (χ2v) is 6.03. The van der Waals surface area contributed by atoms with Crippen LogP contribution in [0.25, 0.3) is 0 Å². The van der Waals surface area contributed by atoms with E-state index in [2.05, 4.69) is 5.32 Å². The number of hydrogen-bond acceptors (Lipinski definition) is 3. The van der Waals surface area contributed by atoms with E-state index in [4.69, 9.17) is 16.9 Å². The highest BCUT2D eigenvalue weighted by atomic mass is 35.5. The van der Waals surface area contributed by atoms with Crippen molar-refractivity contribution < 1.29 is 9.59 Å². The van der Waals surface area contributed by atoms with E-state index in [9.17, 15) is 9.59 Å². The van der Waals surface area contributed by atoms with Crippen LogP contribution in [0.1, 0.15) is 24.5 Å². The van der Waals surface area contributed by atoms with Gasteiger partial charge in [0, 0.05) is 36.3 Å². The van der Waals surface area contributed by atoms with Crippen LogP contribution in [0.2, 0.25) is 5.02 Å². The number of halogens is 1. The number of anilines is 2. The summed E-state index contributed by atoms with van der Waals surface area (Å²) in [4.78, 5) is 25.6. The number of hydrogen-bond donors (Lipinski definition) is 1. The average molecular weight is 356 g/mol. The number of aryl methyl sites for hydroxylation is 1. The van der Waals surface area contributed by atoms with E-state index in [1.807, 2.05) is 19.1 Å². The fourth-order valence-electron chi connectivity index (χ4n) is 2.39. The minimum Gasteiger partial charge on any atom is -0.326 e. The molecule has 0 radical (unpaired) electrons. The summed E-state index contributed by atoms with van der Waals surface area (Å²) in [6.45, 7) is 3.59. The molecule has 0 aliphatic heterocycles. The summed E-state index contributed by atoms with van der Waals surface area (Å²) in [7, 11) is 0. The van der Waals surface area contributed by atoms with Gasteiger partial charge in [-0.15, -0.1) is 0 Å². The quantitative estimate of drug-likeness (QED) is 0.883.